The number of methoxy groups -OCH3 is 2. The van der Waals surface area contributed by atoms with Crippen LogP contribution in [0.2, 0.25) is 0 Å². The van der Waals surface area contributed by atoms with Crippen LogP contribution in [0.25, 0.3) is 0 Å². The lowest BCUT2D eigenvalue weighted by molar-refractivity contribution is 0.0680. The van der Waals surface area contributed by atoms with Gasteiger partial charge in [-0.15, -0.1) is 0 Å². The van der Waals surface area contributed by atoms with E-state index in [0.29, 0.717) is 30.0 Å². The maximum absolute atomic E-state index is 13.3. The molecular weight excluding hydrogens is 366 g/mol. The average Bonchev–Trinajstić information content (AvgIpc) is 3.05. The molecule has 0 aliphatic carbocycles. The number of amides is 1. The zero-order valence-electron chi connectivity index (χ0n) is 15.4. The number of hydrogen-bond acceptors (Lipinski definition) is 5. The zero-order chi connectivity index (χ0) is 19.4. The quantitative estimate of drug-likeness (QED) is 0.759. The molecular formula is C20H23NO5S. The Morgan fingerprint density at radius 2 is 1.70 bits per heavy atom. The van der Waals surface area contributed by atoms with Crippen LogP contribution >= 0.6 is 0 Å². The summed E-state index contributed by atoms with van der Waals surface area (Å²) in [7, 11) is -0.0731. The van der Waals surface area contributed by atoms with Crippen LogP contribution < -0.4 is 9.47 Å². The summed E-state index contributed by atoms with van der Waals surface area (Å²) in [6.07, 6.45) is 0.446. The Morgan fingerprint density at radius 3 is 2.22 bits per heavy atom. The number of rotatable bonds is 6. The van der Waals surface area contributed by atoms with E-state index in [1.807, 2.05) is 30.3 Å². The fourth-order valence-electron chi connectivity index (χ4n) is 3.26. The van der Waals surface area contributed by atoms with Crippen molar-refractivity contribution in [2.75, 3.05) is 25.7 Å². The van der Waals surface area contributed by atoms with E-state index in [-0.39, 0.29) is 23.5 Å². The van der Waals surface area contributed by atoms with E-state index in [9.17, 15) is 13.2 Å². The highest BCUT2D eigenvalue weighted by Gasteiger charge is 2.35. The molecule has 0 aromatic heterocycles. The van der Waals surface area contributed by atoms with Crippen LogP contribution in [0.4, 0.5) is 0 Å². The lowest BCUT2D eigenvalue weighted by Gasteiger charge is -2.29. The third kappa shape index (κ3) is 4.60. The van der Waals surface area contributed by atoms with Gasteiger partial charge < -0.3 is 14.4 Å². The molecule has 0 saturated carbocycles. The van der Waals surface area contributed by atoms with Crippen LogP contribution in [0.5, 0.6) is 11.5 Å². The third-order valence-electron chi connectivity index (χ3n) is 4.70. The predicted octanol–water partition coefficient (Wildman–Crippen LogP) is 2.53. The summed E-state index contributed by atoms with van der Waals surface area (Å²) in [5.74, 6) is 0.885. The van der Waals surface area contributed by atoms with Gasteiger partial charge in [0.25, 0.3) is 5.91 Å². The molecule has 1 amide bonds. The summed E-state index contributed by atoms with van der Waals surface area (Å²) < 4.78 is 34.5. The molecule has 0 unspecified atom stereocenters. The topological polar surface area (TPSA) is 72.9 Å². The van der Waals surface area contributed by atoms with E-state index in [0.717, 1.165) is 5.56 Å². The van der Waals surface area contributed by atoms with Gasteiger partial charge in [-0.3, -0.25) is 4.79 Å². The maximum Gasteiger partial charge on any atom is 0.254 e. The number of ether oxygens (including phenoxy) is 2. The van der Waals surface area contributed by atoms with Crippen molar-refractivity contribution < 1.29 is 22.7 Å². The van der Waals surface area contributed by atoms with Crippen molar-refractivity contribution in [3.63, 3.8) is 0 Å². The van der Waals surface area contributed by atoms with Gasteiger partial charge in [0.15, 0.2) is 9.84 Å². The van der Waals surface area contributed by atoms with Crippen molar-refractivity contribution in [3.05, 3.63) is 59.7 Å². The largest absolute Gasteiger partial charge is 0.497 e. The SMILES string of the molecule is COc1cc(OC)cc(C(=O)N(Cc2ccccc2)[C@@H]2CCS(=O)(=O)C2)c1. The van der Waals surface area contributed by atoms with Gasteiger partial charge in [0.05, 0.1) is 25.7 Å². The van der Waals surface area contributed by atoms with Gasteiger partial charge in [-0.05, 0) is 24.1 Å². The molecule has 1 aliphatic rings. The molecule has 2 aromatic carbocycles. The lowest BCUT2D eigenvalue weighted by atomic mass is 10.1. The minimum Gasteiger partial charge on any atom is -0.497 e. The van der Waals surface area contributed by atoms with Crippen molar-refractivity contribution in [3.8, 4) is 11.5 Å². The number of hydrogen-bond donors (Lipinski definition) is 0. The molecule has 3 rings (SSSR count). The number of carbonyl (C=O) groups excluding carboxylic acids is 1. The van der Waals surface area contributed by atoms with E-state index in [2.05, 4.69) is 0 Å². The Hall–Kier alpha value is -2.54. The van der Waals surface area contributed by atoms with Gasteiger partial charge in [0.1, 0.15) is 11.5 Å². The van der Waals surface area contributed by atoms with Crippen molar-refractivity contribution in [2.24, 2.45) is 0 Å². The fraction of sp³-hybridized carbons (Fsp3) is 0.350. The minimum absolute atomic E-state index is 0.00726. The van der Waals surface area contributed by atoms with Crippen LogP contribution in [-0.2, 0) is 16.4 Å². The molecule has 0 bridgehead atoms. The van der Waals surface area contributed by atoms with Gasteiger partial charge in [-0.2, -0.15) is 0 Å². The van der Waals surface area contributed by atoms with Gasteiger partial charge in [0.2, 0.25) is 0 Å². The van der Waals surface area contributed by atoms with E-state index >= 15 is 0 Å². The minimum atomic E-state index is -3.12. The van der Waals surface area contributed by atoms with Crippen molar-refractivity contribution >= 4 is 15.7 Å². The molecule has 1 heterocycles. The molecule has 144 valence electrons. The van der Waals surface area contributed by atoms with E-state index in [1.54, 1.807) is 23.1 Å². The fourth-order valence-corrected chi connectivity index (χ4v) is 5.00. The highest BCUT2D eigenvalue weighted by atomic mass is 32.2. The molecule has 1 saturated heterocycles. The Morgan fingerprint density at radius 1 is 1.07 bits per heavy atom. The standard InChI is InChI=1S/C20H23NO5S/c1-25-18-10-16(11-19(12-18)26-2)20(22)21(13-15-6-4-3-5-7-15)17-8-9-27(23,24)14-17/h3-7,10-12,17H,8-9,13-14H2,1-2H3/t17-/m1/s1. The van der Waals surface area contributed by atoms with Crippen molar-refractivity contribution in [2.45, 2.75) is 19.0 Å². The molecule has 0 spiro atoms. The normalized spacial score (nSPS) is 18.1. The molecule has 27 heavy (non-hydrogen) atoms. The second kappa shape index (κ2) is 8.00. The van der Waals surface area contributed by atoms with Crippen LogP contribution in [0.15, 0.2) is 48.5 Å². The van der Waals surface area contributed by atoms with Crippen molar-refractivity contribution in [1.29, 1.82) is 0 Å². The Labute approximate surface area is 159 Å². The predicted molar refractivity (Wildman–Crippen MR) is 103 cm³/mol. The van der Waals surface area contributed by atoms with Gasteiger partial charge in [0, 0.05) is 24.2 Å². The molecule has 7 heteroatoms. The molecule has 1 aliphatic heterocycles. The number of carbonyl (C=O) groups is 1. The second-order valence-corrected chi connectivity index (χ2v) is 8.81. The monoisotopic (exact) mass is 389 g/mol. The lowest BCUT2D eigenvalue weighted by Crippen LogP contribution is -2.40. The molecule has 0 radical (unpaired) electrons. The van der Waals surface area contributed by atoms with Crippen LogP contribution in [-0.4, -0.2) is 51.0 Å². The summed E-state index contributed by atoms with van der Waals surface area (Å²) in [4.78, 5) is 15.0. The molecule has 0 N–H and O–H groups in total. The van der Waals surface area contributed by atoms with Crippen LogP contribution in [0.3, 0.4) is 0 Å². The Balaban J connectivity index is 1.95. The number of nitrogens with zero attached hydrogens (tertiary/aromatic N) is 1. The molecule has 2 aromatic rings. The first-order valence-corrected chi connectivity index (χ1v) is 10.5. The first kappa shape index (κ1) is 19.2. The highest BCUT2D eigenvalue weighted by molar-refractivity contribution is 7.91. The third-order valence-corrected chi connectivity index (χ3v) is 6.45. The highest BCUT2D eigenvalue weighted by Crippen LogP contribution is 2.27. The maximum atomic E-state index is 13.3. The van der Waals surface area contributed by atoms with Crippen LogP contribution in [0, 0.1) is 0 Å². The van der Waals surface area contributed by atoms with Gasteiger partial charge in [-0.25, -0.2) is 8.42 Å². The van der Waals surface area contributed by atoms with E-state index in [1.165, 1.54) is 14.2 Å². The van der Waals surface area contributed by atoms with Crippen molar-refractivity contribution in [1.82, 2.24) is 4.90 Å². The number of sulfone groups is 1. The van der Waals surface area contributed by atoms with Gasteiger partial charge >= 0.3 is 0 Å². The summed E-state index contributed by atoms with van der Waals surface area (Å²) in [6, 6.07) is 14.2. The Kier molecular flexibility index (Phi) is 5.70. The zero-order valence-corrected chi connectivity index (χ0v) is 16.2. The first-order valence-electron chi connectivity index (χ1n) is 8.70. The smallest absolute Gasteiger partial charge is 0.254 e. The van der Waals surface area contributed by atoms with Crippen LogP contribution in [0.1, 0.15) is 22.3 Å². The molecule has 1 fully saturated rings. The summed E-state index contributed by atoms with van der Waals surface area (Å²) in [5.41, 5.74) is 1.36. The molecule has 6 nitrogen and oxygen atoms in total. The van der Waals surface area contributed by atoms with E-state index in [4.69, 9.17) is 9.47 Å². The van der Waals surface area contributed by atoms with E-state index < -0.39 is 9.84 Å². The first-order chi connectivity index (χ1) is 12.9. The number of benzene rings is 2. The summed E-state index contributed by atoms with van der Waals surface area (Å²) >= 11 is 0. The average molecular weight is 389 g/mol. The Bertz CT molecular complexity index is 889. The molecule has 1 atom stereocenters. The summed E-state index contributed by atoms with van der Waals surface area (Å²) in [6.45, 7) is 0.347. The van der Waals surface area contributed by atoms with Gasteiger partial charge in [-0.1, -0.05) is 30.3 Å². The second-order valence-electron chi connectivity index (χ2n) is 6.58. The summed E-state index contributed by atoms with van der Waals surface area (Å²) in [5, 5.41) is 0.